The van der Waals surface area contributed by atoms with Crippen LogP contribution in [0.4, 0.5) is 32.3 Å². The van der Waals surface area contributed by atoms with Gasteiger partial charge in [0.1, 0.15) is 34.8 Å². The Hall–Kier alpha value is -5.37. The molecule has 2 aromatic heterocycles. The zero-order valence-corrected chi connectivity index (χ0v) is 40.8. The summed E-state index contributed by atoms with van der Waals surface area (Å²) >= 11 is 5.60. The van der Waals surface area contributed by atoms with Crippen LogP contribution < -0.4 is 31.6 Å². The van der Waals surface area contributed by atoms with Crippen molar-refractivity contribution in [2.24, 2.45) is 0 Å². The topological polar surface area (TPSA) is 267 Å². The van der Waals surface area contributed by atoms with Crippen molar-refractivity contribution >= 4 is 66.7 Å². The average molecular weight is 1020 g/mol. The molecule has 3 fully saturated rings. The number of carbonyl (C=O) groups excluding carboxylic acids is 2. The minimum Gasteiger partial charge on any atom is -0.496 e. The van der Waals surface area contributed by atoms with E-state index in [2.05, 4.69) is 35.5 Å². The fraction of sp³-hybridized carbons (Fsp3) is 0.500. The molecule has 3 saturated heterocycles. The predicted octanol–water partition coefficient (Wildman–Crippen LogP) is 3.64. The number of morpholine rings is 1. The molecular formula is C44H58ClF2N11O9S2. The number of rotatable bonds is 19. The van der Waals surface area contributed by atoms with Gasteiger partial charge in [-0.15, -0.1) is 11.6 Å². The second-order valence-electron chi connectivity index (χ2n) is 16.4. The number of benzene rings is 2. The third-order valence-electron chi connectivity index (χ3n) is 11.8. The van der Waals surface area contributed by atoms with Crippen molar-refractivity contribution in [2.45, 2.75) is 50.6 Å². The Kier molecular flexibility index (Phi) is 18.8. The number of ether oxygens (including phenoxy) is 3. The van der Waals surface area contributed by atoms with Gasteiger partial charge >= 0.3 is 0 Å². The lowest BCUT2D eigenvalue weighted by molar-refractivity contribution is 0.0380. The SMILES string of the molecule is COc1ccc(F)cc1C(=O)c1cnc(NC2CCN(S(=O)(=O)CCCCl)CC2)nc1N.COc1ccc(F)cc1C(=O)c1cnc(NC2CCN(S(=O)(=O)CCCN3CCOCC3)CC2)nc1N. The molecule has 0 radical (unpaired) electrons. The number of nitrogens with two attached hydrogens (primary N) is 2. The molecule has 25 heteroatoms. The lowest BCUT2D eigenvalue weighted by Crippen LogP contribution is -2.44. The molecule has 5 heterocycles. The molecule has 69 heavy (non-hydrogen) atoms. The maximum atomic E-state index is 13.7. The first-order valence-corrected chi connectivity index (χ1v) is 26.1. The van der Waals surface area contributed by atoms with Crippen molar-refractivity contribution in [3.8, 4) is 11.5 Å². The summed E-state index contributed by atoms with van der Waals surface area (Å²) in [6, 6.07) is 7.19. The molecule has 7 rings (SSSR count). The first-order chi connectivity index (χ1) is 33.0. The largest absolute Gasteiger partial charge is 0.496 e. The molecule has 2 aromatic carbocycles. The number of alkyl halides is 1. The van der Waals surface area contributed by atoms with Gasteiger partial charge in [0.2, 0.25) is 43.5 Å². The lowest BCUT2D eigenvalue weighted by atomic mass is 10.0. The third-order valence-corrected chi connectivity index (χ3v) is 16.0. The Morgan fingerprint density at radius 2 is 1.12 bits per heavy atom. The second-order valence-corrected chi connectivity index (χ2v) is 21.0. The molecule has 0 saturated carbocycles. The zero-order valence-electron chi connectivity index (χ0n) is 38.4. The number of nitrogens with one attached hydrogen (secondary N) is 2. The van der Waals surface area contributed by atoms with Crippen molar-refractivity contribution in [3.63, 3.8) is 0 Å². The summed E-state index contributed by atoms with van der Waals surface area (Å²) < 4.78 is 96.1. The molecule has 0 atom stereocenters. The molecule has 3 aliphatic rings. The summed E-state index contributed by atoms with van der Waals surface area (Å²) in [5, 5.41) is 6.31. The van der Waals surface area contributed by atoms with Crippen molar-refractivity contribution in [2.75, 3.05) is 113 Å². The minimum atomic E-state index is -3.32. The number of carbonyl (C=O) groups is 2. The van der Waals surface area contributed by atoms with Crippen LogP contribution in [-0.2, 0) is 24.8 Å². The van der Waals surface area contributed by atoms with Gasteiger partial charge < -0.3 is 36.3 Å². The van der Waals surface area contributed by atoms with Gasteiger partial charge in [-0.3, -0.25) is 14.5 Å². The van der Waals surface area contributed by atoms with Crippen molar-refractivity contribution in [1.29, 1.82) is 0 Å². The molecule has 3 aliphatic heterocycles. The van der Waals surface area contributed by atoms with E-state index < -0.39 is 43.2 Å². The molecular weight excluding hydrogens is 964 g/mol. The number of nitrogens with zero attached hydrogens (tertiary/aromatic N) is 7. The number of methoxy groups -OCH3 is 2. The number of sulfonamides is 2. The fourth-order valence-electron chi connectivity index (χ4n) is 8.00. The van der Waals surface area contributed by atoms with Crippen LogP contribution in [0.1, 0.15) is 70.4 Å². The Balaban J connectivity index is 0.000000229. The number of hydrogen-bond donors (Lipinski definition) is 4. The number of halogens is 3. The van der Waals surface area contributed by atoms with E-state index in [0.717, 1.165) is 31.8 Å². The number of hydrogen-bond acceptors (Lipinski definition) is 18. The molecule has 0 amide bonds. The van der Waals surface area contributed by atoms with E-state index in [4.69, 9.17) is 37.3 Å². The number of nitrogen functional groups attached to an aromatic ring is 2. The minimum absolute atomic E-state index is 0.0197. The van der Waals surface area contributed by atoms with Crippen LogP contribution in [0, 0.1) is 11.6 Å². The Bertz CT molecular complexity index is 2640. The van der Waals surface area contributed by atoms with Gasteiger partial charge in [-0.05, 0) is 81.5 Å². The van der Waals surface area contributed by atoms with Gasteiger partial charge in [0, 0.05) is 69.6 Å². The average Bonchev–Trinajstić information content (AvgIpc) is 3.34. The first kappa shape index (κ1) is 53.0. The van der Waals surface area contributed by atoms with Gasteiger partial charge in [-0.2, -0.15) is 9.97 Å². The number of anilines is 4. The summed E-state index contributed by atoms with van der Waals surface area (Å²) in [5.74, 6) is -0.978. The monoisotopic (exact) mass is 1020 g/mol. The summed E-state index contributed by atoms with van der Waals surface area (Å²) in [6.07, 6.45) is 5.92. The number of piperidine rings is 2. The Labute approximate surface area is 405 Å². The number of ketones is 2. The third kappa shape index (κ3) is 14.4. The van der Waals surface area contributed by atoms with E-state index in [1.165, 1.54) is 55.2 Å². The van der Waals surface area contributed by atoms with Crippen molar-refractivity contribution in [3.05, 3.63) is 82.7 Å². The van der Waals surface area contributed by atoms with E-state index >= 15 is 0 Å². The van der Waals surface area contributed by atoms with E-state index in [0.29, 0.717) is 83.8 Å². The summed E-state index contributed by atoms with van der Waals surface area (Å²) in [7, 11) is -3.85. The quantitative estimate of drug-likeness (QED) is 0.0771. The van der Waals surface area contributed by atoms with Gasteiger partial charge in [-0.25, -0.2) is 44.2 Å². The van der Waals surface area contributed by atoms with Gasteiger partial charge in [0.05, 0.1) is 61.2 Å². The van der Waals surface area contributed by atoms with E-state index in [9.17, 15) is 35.2 Å². The van der Waals surface area contributed by atoms with Crippen LogP contribution in [0.15, 0.2) is 48.8 Å². The van der Waals surface area contributed by atoms with Crippen LogP contribution in [0.5, 0.6) is 11.5 Å². The predicted molar refractivity (Wildman–Crippen MR) is 257 cm³/mol. The van der Waals surface area contributed by atoms with Crippen LogP contribution in [0.25, 0.3) is 0 Å². The molecule has 0 spiro atoms. The van der Waals surface area contributed by atoms with Crippen molar-refractivity contribution < 1.29 is 49.4 Å². The van der Waals surface area contributed by atoms with Crippen LogP contribution >= 0.6 is 11.6 Å². The maximum Gasteiger partial charge on any atom is 0.224 e. The molecule has 0 unspecified atom stereocenters. The van der Waals surface area contributed by atoms with Crippen molar-refractivity contribution in [1.82, 2.24) is 33.4 Å². The second kappa shape index (κ2) is 24.5. The molecule has 4 aromatic rings. The summed E-state index contributed by atoms with van der Waals surface area (Å²) in [6.45, 7) is 5.42. The first-order valence-electron chi connectivity index (χ1n) is 22.4. The highest BCUT2D eigenvalue weighted by Gasteiger charge is 2.30. The number of aromatic nitrogens is 4. The lowest BCUT2D eigenvalue weighted by Gasteiger charge is -2.32. The Morgan fingerprint density at radius 3 is 1.51 bits per heavy atom. The molecule has 0 bridgehead atoms. The Morgan fingerprint density at radius 1 is 0.696 bits per heavy atom. The van der Waals surface area contributed by atoms with Crippen LogP contribution in [0.2, 0.25) is 0 Å². The summed E-state index contributed by atoms with van der Waals surface area (Å²) in [5.41, 5.74) is 12.1. The molecule has 376 valence electrons. The smallest absolute Gasteiger partial charge is 0.224 e. The van der Waals surface area contributed by atoms with E-state index in [-0.39, 0.29) is 80.9 Å². The zero-order chi connectivity index (χ0) is 49.7. The molecule has 0 aliphatic carbocycles. The highest BCUT2D eigenvalue weighted by Crippen LogP contribution is 2.27. The highest BCUT2D eigenvalue weighted by atomic mass is 35.5. The molecule has 20 nitrogen and oxygen atoms in total. The van der Waals surface area contributed by atoms with Gasteiger partial charge in [0.25, 0.3) is 0 Å². The van der Waals surface area contributed by atoms with Gasteiger partial charge in [-0.1, -0.05) is 0 Å². The normalized spacial score (nSPS) is 16.8. The van der Waals surface area contributed by atoms with Crippen LogP contribution in [0.3, 0.4) is 0 Å². The summed E-state index contributed by atoms with van der Waals surface area (Å²) in [4.78, 5) is 44.7. The highest BCUT2D eigenvalue weighted by molar-refractivity contribution is 7.89. The van der Waals surface area contributed by atoms with E-state index in [1.54, 1.807) is 4.31 Å². The molecule has 6 N–H and O–H groups in total. The fourth-order valence-corrected chi connectivity index (χ4v) is 11.3. The van der Waals surface area contributed by atoms with E-state index in [1.807, 2.05) is 0 Å². The maximum absolute atomic E-state index is 13.7. The standard InChI is InChI=1S/C24H33FN6O5S.C20H25ClFN5O4S/c1-35-21-4-3-17(25)15-19(21)22(32)20-16-27-24(29-23(20)26)28-18-5-8-31(9-6-18)37(33,34)14-2-7-30-10-12-36-13-11-30;1-31-17-4-3-13(22)11-15(17)18(28)16-12-24-20(26-19(16)23)25-14-5-8-27(9-6-14)32(29,30)10-2-7-21/h3-4,15-16,18H,2,5-14H2,1H3,(H3,26,27,28,29);3-4,11-12,14H,2,5-10H2,1H3,(H3,23,24,25,26). The van der Waals surface area contributed by atoms with Crippen LogP contribution in [-0.4, -0.2) is 165 Å². The van der Waals surface area contributed by atoms with Gasteiger partial charge in [0.15, 0.2) is 0 Å².